The molecule has 178 valence electrons. The van der Waals surface area contributed by atoms with Gasteiger partial charge in [-0.15, -0.1) is 17.7 Å². The second-order valence-corrected chi connectivity index (χ2v) is 7.70. The van der Waals surface area contributed by atoms with E-state index in [0.29, 0.717) is 5.75 Å². The quantitative estimate of drug-likeness (QED) is 0.216. The van der Waals surface area contributed by atoms with Gasteiger partial charge in [-0.25, -0.2) is 0 Å². The summed E-state index contributed by atoms with van der Waals surface area (Å²) in [5, 5.41) is 18.1. The summed E-state index contributed by atoms with van der Waals surface area (Å²) in [5.41, 5.74) is 8.45. The first-order valence-electron chi connectivity index (χ1n) is 10.3. The summed E-state index contributed by atoms with van der Waals surface area (Å²) in [6.45, 7) is 9.14. The predicted molar refractivity (Wildman–Crippen MR) is 128 cm³/mol. The fraction of sp³-hybridized carbons (Fsp3) is 0.259. The zero-order chi connectivity index (χ0) is 23.8. The number of pyridine rings is 1. The van der Waals surface area contributed by atoms with Crippen molar-refractivity contribution in [1.82, 2.24) is 4.98 Å². The Morgan fingerprint density at radius 3 is 2.24 bits per heavy atom. The van der Waals surface area contributed by atoms with E-state index in [4.69, 9.17) is 9.84 Å². The van der Waals surface area contributed by atoms with Crippen LogP contribution in [0.4, 0.5) is 0 Å². The molecule has 3 aromatic rings. The van der Waals surface area contributed by atoms with Crippen LogP contribution in [0.2, 0.25) is 0 Å². The molecule has 0 amide bonds. The van der Waals surface area contributed by atoms with Crippen LogP contribution in [-0.4, -0.2) is 28.1 Å². The van der Waals surface area contributed by atoms with Crippen molar-refractivity contribution in [1.29, 1.82) is 0 Å². The Kier molecular flexibility index (Phi) is 11.2. The van der Waals surface area contributed by atoms with Gasteiger partial charge in [0.1, 0.15) is 0 Å². The van der Waals surface area contributed by atoms with E-state index in [2.05, 4.69) is 50.0 Å². The first-order chi connectivity index (χ1) is 15.2. The topological polar surface area (TPSA) is 79.7 Å². The van der Waals surface area contributed by atoms with Crippen molar-refractivity contribution < 1.29 is 40.8 Å². The summed E-state index contributed by atoms with van der Waals surface area (Å²) in [6.07, 6.45) is 2.97. The number of ether oxygens (including phenoxy) is 1. The van der Waals surface area contributed by atoms with Crippen LogP contribution in [0.25, 0.3) is 22.4 Å². The van der Waals surface area contributed by atoms with Crippen LogP contribution in [0.1, 0.15) is 36.1 Å². The molecule has 0 radical (unpaired) electrons. The minimum absolute atomic E-state index is 0. The van der Waals surface area contributed by atoms with Crippen molar-refractivity contribution in [3.8, 4) is 28.1 Å². The molecule has 6 heteroatoms. The molecule has 0 fully saturated rings. The van der Waals surface area contributed by atoms with E-state index < -0.39 is 0 Å². The molecule has 0 bridgehead atoms. The fourth-order valence-corrected chi connectivity index (χ4v) is 3.65. The van der Waals surface area contributed by atoms with E-state index in [1.54, 1.807) is 13.2 Å². The number of aliphatic hydroxyl groups is 2. The minimum atomic E-state index is -0.125. The second kappa shape index (κ2) is 13.1. The maximum atomic E-state index is 10.0. The third-order valence-electron chi connectivity index (χ3n) is 4.80. The van der Waals surface area contributed by atoms with E-state index in [1.165, 1.54) is 42.2 Å². The Hall–Kier alpha value is -2.75. The molecule has 0 saturated heterocycles. The maximum Gasteiger partial charge on any atom is 0.155 e. The number of carbonyl (C=O) groups is 1. The predicted octanol–water partition coefficient (Wildman–Crippen LogP) is 5.68. The number of allylic oxidation sites excluding steroid dienone is 2. The van der Waals surface area contributed by atoms with Crippen LogP contribution >= 0.6 is 0 Å². The van der Waals surface area contributed by atoms with Gasteiger partial charge in [-0.1, -0.05) is 35.4 Å². The Labute approximate surface area is 210 Å². The van der Waals surface area contributed by atoms with Crippen LogP contribution in [0.5, 0.6) is 5.75 Å². The summed E-state index contributed by atoms with van der Waals surface area (Å²) >= 11 is 0. The second-order valence-electron chi connectivity index (χ2n) is 7.70. The van der Waals surface area contributed by atoms with Crippen molar-refractivity contribution in [3.05, 3.63) is 82.8 Å². The molecule has 2 N–H and O–H groups in total. The number of methoxy groups -OCH3 is 1. The standard InChI is InChI=1S/C22H22NO2.C5H8O2.Pt/c1-14-9-15(2)22(16(3)10-14)17-7-8-23-21(12-17)20-6-5-19(25-4)11-18(20)13-24;1-4(6)3-5(2)7;/h5,7-12,24H,13H2,1-4H3;3,6H,1-2H3;/q-1;;/b;4-3-;. The number of aromatic nitrogens is 1. The van der Waals surface area contributed by atoms with Crippen LogP contribution in [0.15, 0.2) is 54.4 Å². The van der Waals surface area contributed by atoms with E-state index in [9.17, 15) is 9.90 Å². The van der Waals surface area contributed by atoms with Gasteiger partial charge in [-0.3, -0.25) is 4.79 Å². The number of ketones is 1. The average Bonchev–Trinajstić information content (AvgIpc) is 2.72. The molecule has 0 spiro atoms. The van der Waals surface area contributed by atoms with E-state index >= 15 is 0 Å². The van der Waals surface area contributed by atoms with Crippen molar-refractivity contribution in [2.45, 2.75) is 41.2 Å². The van der Waals surface area contributed by atoms with Crippen LogP contribution in [-0.2, 0) is 32.5 Å². The van der Waals surface area contributed by atoms with Gasteiger partial charge >= 0.3 is 0 Å². The number of aryl methyl sites for hydroxylation is 3. The summed E-state index contributed by atoms with van der Waals surface area (Å²) in [7, 11) is 1.60. The SMILES string of the molecule is CC(=O)/C=C(/C)O.COc1c[c-]c(-c2cc(-c3c(C)cc(C)cc3C)ccn2)c(CO)c1.[Pt]. The van der Waals surface area contributed by atoms with Gasteiger partial charge in [-0.05, 0) is 68.6 Å². The summed E-state index contributed by atoms with van der Waals surface area (Å²) in [6, 6.07) is 15.3. The summed E-state index contributed by atoms with van der Waals surface area (Å²) in [4.78, 5) is 14.5. The van der Waals surface area contributed by atoms with Gasteiger partial charge in [0.15, 0.2) is 5.78 Å². The number of rotatable bonds is 5. The van der Waals surface area contributed by atoms with Crippen LogP contribution < -0.4 is 4.74 Å². The van der Waals surface area contributed by atoms with E-state index in [0.717, 1.165) is 22.4 Å². The maximum absolute atomic E-state index is 10.0. The number of hydrogen-bond acceptors (Lipinski definition) is 5. The average molecular weight is 628 g/mol. The van der Waals surface area contributed by atoms with Gasteiger partial charge in [-0.2, -0.15) is 0 Å². The Morgan fingerprint density at radius 1 is 1.12 bits per heavy atom. The smallest absolute Gasteiger partial charge is 0.155 e. The third-order valence-corrected chi connectivity index (χ3v) is 4.80. The molecule has 3 rings (SSSR count). The molecule has 1 aromatic heterocycles. The number of benzene rings is 2. The minimum Gasteiger partial charge on any atom is -0.540 e. The van der Waals surface area contributed by atoms with Crippen LogP contribution in [0, 0.1) is 26.8 Å². The Bertz CT molecular complexity index is 1110. The molecular weight excluding hydrogens is 597 g/mol. The van der Waals surface area contributed by atoms with Gasteiger partial charge < -0.3 is 19.9 Å². The molecule has 0 saturated carbocycles. The van der Waals surface area contributed by atoms with Crippen molar-refractivity contribution in [3.63, 3.8) is 0 Å². The zero-order valence-electron chi connectivity index (χ0n) is 19.8. The summed E-state index contributed by atoms with van der Waals surface area (Å²) in [5.74, 6) is 0.613. The molecule has 0 atom stereocenters. The Balaban J connectivity index is 0.000000595. The monoisotopic (exact) mass is 627 g/mol. The first kappa shape index (κ1) is 28.3. The Morgan fingerprint density at radius 2 is 1.76 bits per heavy atom. The molecule has 0 aliphatic heterocycles. The normalized spacial score (nSPS) is 10.6. The van der Waals surface area contributed by atoms with Crippen molar-refractivity contribution in [2.75, 3.05) is 7.11 Å². The van der Waals surface area contributed by atoms with Gasteiger partial charge in [0.05, 0.1) is 12.9 Å². The van der Waals surface area contributed by atoms with Crippen molar-refractivity contribution >= 4 is 5.78 Å². The molecule has 1 heterocycles. The first-order valence-corrected chi connectivity index (χ1v) is 10.3. The van der Waals surface area contributed by atoms with E-state index in [-0.39, 0.29) is 39.2 Å². The molecule has 0 aliphatic carbocycles. The van der Waals surface area contributed by atoms with Crippen molar-refractivity contribution in [2.24, 2.45) is 0 Å². The molecule has 2 aromatic carbocycles. The van der Waals surface area contributed by atoms with Crippen LogP contribution in [0.3, 0.4) is 0 Å². The van der Waals surface area contributed by atoms with Gasteiger partial charge in [0.25, 0.3) is 0 Å². The molecular formula is C27H30NO4Pt-. The largest absolute Gasteiger partial charge is 0.540 e. The summed E-state index contributed by atoms with van der Waals surface area (Å²) < 4.78 is 5.22. The molecule has 0 unspecified atom stereocenters. The third kappa shape index (κ3) is 7.95. The number of carbonyl (C=O) groups excluding carboxylic acids is 1. The molecule has 0 aliphatic rings. The number of nitrogens with zero attached hydrogens (tertiary/aromatic N) is 1. The number of hydrogen-bond donors (Lipinski definition) is 2. The molecule has 33 heavy (non-hydrogen) atoms. The zero-order valence-corrected chi connectivity index (χ0v) is 22.1. The fourth-order valence-electron chi connectivity index (χ4n) is 3.65. The van der Waals surface area contributed by atoms with Gasteiger partial charge in [0, 0.05) is 45.7 Å². The van der Waals surface area contributed by atoms with Gasteiger partial charge in [0.2, 0.25) is 0 Å². The van der Waals surface area contributed by atoms with E-state index in [1.807, 2.05) is 18.3 Å². The number of aliphatic hydroxyl groups excluding tert-OH is 2. The molecule has 5 nitrogen and oxygen atoms in total.